The van der Waals surface area contributed by atoms with Gasteiger partial charge in [0.2, 0.25) is 0 Å². The molecule has 2 rings (SSSR count). The number of esters is 1. The van der Waals surface area contributed by atoms with Gasteiger partial charge in [-0.15, -0.1) is 0 Å². The summed E-state index contributed by atoms with van der Waals surface area (Å²) in [6.07, 6.45) is 1.08. The van der Waals surface area contributed by atoms with Crippen molar-refractivity contribution in [2.45, 2.75) is 45.0 Å². The lowest BCUT2D eigenvalue weighted by Crippen LogP contribution is -2.35. The summed E-state index contributed by atoms with van der Waals surface area (Å²) in [5, 5.41) is 10.8. The van der Waals surface area contributed by atoms with Crippen LogP contribution in [0.3, 0.4) is 0 Å². The molecule has 1 fully saturated rings. The van der Waals surface area contributed by atoms with Crippen LogP contribution in [0.4, 0.5) is 5.69 Å². The van der Waals surface area contributed by atoms with Gasteiger partial charge in [-0.3, -0.25) is 10.1 Å². The van der Waals surface area contributed by atoms with Gasteiger partial charge >= 0.3 is 5.97 Å². The lowest BCUT2D eigenvalue weighted by molar-refractivity contribution is -0.384. The second-order valence-electron chi connectivity index (χ2n) is 5.18. The molecule has 0 bridgehead atoms. The smallest absolute Gasteiger partial charge is 0.339 e. The van der Waals surface area contributed by atoms with Crippen LogP contribution < -0.4 is 0 Å². The molecule has 0 saturated carbocycles. The summed E-state index contributed by atoms with van der Waals surface area (Å²) in [4.78, 5) is 22.5. The van der Waals surface area contributed by atoms with Gasteiger partial charge in [-0.05, 0) is 35.8 Å². The minimum Gasteiger partial charge on any atom is -0.459 e. The van der Waals surface area contributed by atoms with Gasteiger partial charge in [-0.2, -0.15) is 0 Å². The summed E-state index contributed by atoms with van der Waals surface area (Å²) >= 11 is 3.22. The van der Waals surface area contributed by atoms with Crippen LogP contribution in [0.15, 0.2) is 22.7 Å². The Balaban J connectivity index is 2.13. The largest absolute Gasteiger partial charge is 0.459 e. The van der Waals surface area contributed by atoms with Gasteiger partial charge in [-0.1, -0.05) is 0 Å². The number of nitro groups is 1. The Morgan fingerprint density at radius 2 is 2.00 bits per heavy atom. The van der Waals surface area contributed by atoms with Crippen molar-refractivity contribution in [2.75, 3.05) is 0 Å². The van der Waals surface area contributed by atoms with E-state index in [0.29, 0.717) is 17.3 Å². The average molecular weight is 358 g/mol. The highest BCUT2D eigenvalue weighted by molar-refractivity contribution is 9.10. The number of ether oxygens (including phenoxy) is 2. The number of nitrogens with zero attached hydrogens (tertiary/aromatic N) is 1. The van der Waals surface area contributed by atoms with Crippen LogP contribution in [0.25, 0.3) is 0 Å². The molecule has 0 radical (unpaired) electrons. The first kappa shape index (κ1) is 15.9. The van der Waals surface area contributed by atoms with Crippen LogP contribution >= 0.6 is 15.9 Å². The maximum atomic E-state index is 12.2. The van der Waals surface area contributed by atoms with Crippen LogP contribution in [0.1, 0.15) is 37.0 Å². The van der Waals surface area contributed by atoms with Crippen molar-refractivity contribution >= 4 is 27.6 Å². The third-order valence-electron chi connectivity index (χ3n) is 3.31. The normalized spacial score (nSPS) is 25.4. The molecule has 1 aromatic carbocycles. The van der Waals surface area contributed by atoms with Crippen LogP contribution in [0.5, 0.6) is 0 Å². The van der Waals surface area contributed by atoms with Crippen molar-refractivity contribution in [3.8, 4) is 0 Å². The molecule has 2 unspecified atom stereocenters. The number of non-ortho nitro benzene ring substituents is 1. The standard InChI is InChI=1S/C14H16BrNO5/c1-8-5-11(6-9(2)20-8)21-14(17)12-7-10(16(18)19)3-4-13(12)15/h3-4,7-9,11H,5-6H2,1-2H3. The molecular formula is C14H16BrNO5. The quantitative estimate of drug-likeness (QED) is 0.470. The first-order valence-electron chi connectivity index (χ1n) is 6.67. The van der Waals surface area contributed by atoms with E-state index in [1.165, 1.54) is 18.2 Å². The van der Waals surface area contributed by atoms with Crippen molar-refractivity contribution in [1.82, 2.24) is 0 Å². The van der Waals surface area contributed by atoms with E-state index in [4.69, 9.17) is 9.47 Å². The molecule has 1 aliphatic rings. The Morgan fingerprint density at radius 3 is 2.57 bits per heavy atom. The third kappa shape index (κ3) is 4.01. The van der Waals surface area contributed by atoms with E-state index >= 15 is 0 Å². The zero-order valence-corrected chi connectivity index (χ0v) is 13.3. The molecule has 0 N–H and O–H groups in total. The molecule has 6 nitrogen and oxygen atoms in total. The highest BCUT2D eigenvalue weighted by Gasteiger charge is 2.28. The van der Waals surface area contributed by atoms with Crippen molar-refractivity contribution in [1.29, 1.82) is 0 Å². The number of carbonyl (C=O) groups excluding carboxylic acids is 1. The SMILES string of the molecule is CC1CC(OC(=O)c2cc([N+](=O)[O-])ccc2Br)CC(C)O1. The zero-order valence-electron chi connectivity index (χ0n) is 11.7. The second-order valence-corrected chi connectivity index (χ2v) is 6.03. The lowest BCUT2D eigenvalue weighted by Gasteiger charge is -2.31. The predicted molar refractivity (Wildman–Crippen MR) is 79.2 cm³/mol. The Kier molecular flexibility index (Phi) is 4.95. The molecule has 21 heavy (non-hydrogen) atoms. The molecule has 1 aromatic rings. The van der Waals surface area contributed by atoms with E-state index in [1.54, 1.807) is 0 Å². The maximum Gasteiger partial charge on any atom is 0.339 e. The highest BCUT2D eigenvalue weighted by atomic mass is 79.9. The number of hydrogen-bond donors (Lipinski definition) is 0. The zero-order chi connectivity index (χ0) is 15.6. The summed E-state index contributed by atoms with van der Waals surface area (Å²) in [6.45, 7) is 3.86. The average Bonchev–Trinajstić information content (AvgIpc) is 2.37. The molecule has 0 aromatic heterocycles. The van der Waals surface area contributed by atoms with Crippen LogP contribution in [-0.2, 0) is 9.47 Å². The number of benzene rings is 1. The first-order chi connectivity index (χ1) is 9.86. The predicted octanol–water partition coefficient (Wildman–Crippen LogP) is 3.47. The maximum absolute atomic E-state index is 12.2. The summed E-state index contributed by atoms with van der Waals surface area (Å²) < 4.78 is 11.5. The molecule has 114 valence electrons. The van der Waals surface area contributed by atoms with Crippen molar-refractivity contribution in [3.63, 3.8) is 0 Å². The van der Waals surface area contributed by atoms with Crippen LogP contribution in [-0.4, -0.2) is 29.2 Å². The van der Waals surface area contributed by atoms with Gasteiger partial charge in [0.05, 0.1) is 22.7 Å². The fourth-order valence-corrected chi connectivity index (χ4v) is 2.85. The van der Waals surface area contributed by atoms with Gasteiger partial charge in [0.15, 0.2) is 0 Å². The molecule has 2 atom stereocenters. The van der Waals surface area contributed by atoms with E-state index in [2.05, 4.69) is 15.9 Å². The molecule has 0 spiro atoms. The van der Waals surface area contributed by atoms with Crippen molar-refractivity contribution < 1.29 is 19.2 Å². The van der Waals surface area contributed by atoms with Crippen LogP contribution in [0, 0.1) is 10.1 Å². The van der Waals surface area contributed by atoms with Gasteiger partial charge < -0.3 is 9.47 Å². The van der Waals surface area contributed by atoms with Crippen molar-refractivity contribution in [3.05, 3.63) is 38.3 Å². The summed E-state index contributed by atoms with van der Waals surface area (Å²) in [5.74, 6) is -0.558. The second kappa shape index (κ2) is 6.53. The van der Waals surface area contributed by atoms with Gasteiger partial charge in [0.1, 0.15) is 6.10 Å². The molecule has 1 heterocycles. The minimum absolute atomic E-state index is 0.0279. The van der Waals surface area contributed by atoms with Crippen molar-refractivity contribution in [2.24, 2.45) is 0 Å². The van der Waals surface area contributed by atoms with Crippen LogP contribution in [0.2, 0.25) is 0 Å². The Bertz CT molecular complexity index is 552. The first-order valence-corrected chi connectivity index (χ1v) is 7.46. The summed E-state index contributed by atoms with van der Waals surface area (Å²) in [7, 11) is 0. The molecule has 1 saturated heterocycles. The van der Waals surface area contributed by atoms with E-state index < -0.39 is 10.9 Å². The van der Waals surface area contributed by atoms with E-state index in [0.717, 1.165) is 0 Å². The number of rotatable bonds is 3. The molecule has 0 amide bonds. The Morgan fingerprint density at radius 1 is 1.38 bits per heavy atom. The highest BCUT2D eigenvalue weighted by Crippen LogP contribution is 2.26. The Labute approximate surface area is 130 Å². The molecular weight excluding hydrogens is 342 g/mol. The third-order valence-corrected chi connectivity index (χ3v) is 4.00. The fraction of sp³-hybridized carbons (Fsp3) is 0.500. The lowest BCUT2D eigenvalue weighted by atomic mass is 10.0. The topological polar surface area (TPSA) is 78.7 Å². The van der Waals surface area contributed by atoms with Gasteiger partial charge in [-0.25, -0.2) is 4.79 Å². The minimum atomic E-state index is -0.558. The van der Waals surface area contributed by atoms with E-state index in [-0.39, 0.29) is 29.6 Å². The fourth-order valence-electron chi connectivity index (χ4n) is 2.44. The summed E-state index contributed by atoms with van der Waals surface area (Å²) in [5.41, 5.74) is 0.0230. The molecule has 1 aliphatic heterocycles. The molecule has 7 heteroatoms. The van der Waals surface area contributed by atoms with Gasteiger partial charge in [0, 0.05) is 29.4 Å². The van der Waals surface area contributed by atoms with E-state index in [9.17, 15) is 14.9 Å². The number of carbonyl (C=O) groups is 1. The summed E-state index contributed by atoms with van der Waals surface area (Å²) in [6, 6.07) is 4.03. The monoisotopic (exact) mass is 357 g/mol. The number of halogens is 1. The number of hydrogen-bond acceptors (Lipinski definition) is 5. The van der Waals surface area contributed by atoms with E-state index in [1.807, 2.05) is 13.8 Å². The molecule has 0 aliphatic carbocycles. The van der Waals surface area contributed by atoms with Gasteiger partial charge in [0.25, 0.3) is 5.69 Å². The Hall–Kier alpha value is -1.47. The number of nitro benzene ring substituents is 1.